The van der Waals surface area contributed by atoms with Crippen LogP contribution in [0.4, 0.5) is 4.79 Å². The van der Waals surface area contributed by atoms with Crippen LogP contribution in [0.1, 0.15) is 95.5 Å². The van der Waals surface area contributed by atoms with Crippen molar-refractivity contribution >= 4 is 23.4 Å². The molecule has 13 heteroatoms. The minimum atomic E-state index is -2.06. The number of aromatic hydroxyl groups is 2. The Morgan fingerprint density at radius 1 is 1.11 bits per heavy atom. The first kappa shape index (κ1) is 32.4. The third-order valence-electron chi connectivity index (χ3n) is 8.89. The summed E-state index contributed by atoms with van der Waals surface area (Å²) in [5.74, 6) is -3.35. The van der Waals surface area contributed by atoms with Crippen molar-refractivity contribution in [3.05, 3.63) is 51.6 Å². The largest absolute Gasteiger partial charge is 0.507 e. The molecule has 1 heterocycles. The van der Waals surface area contributed by atoms with E-state index in [0.717, 1.165) is 12.8 Å². The quantitative estimate of drug-likeness (QED) is 0.158. The first-order chi connectivity index (χ1) is 21.3. The van der Waals surface area contributed by atoms with E-state index in [9.17, 15) is 39.6 Å². The second kappa shape index (κ2) is 12.4. The number of rotatable bonds is 8. The van der Waals surface area contributed by atoms with E-state index >= 15 is 0 Å². The molecule has 6 N–H and O–H groups in total. The van der Waals surface area contributed by atoms with Crippen molar-refractivity contribution in [1.82, 2.24) is 10.6 Å². The average Bonchev–Trinajstić information content (AvgIpc) is 2.99. The summed E-state index contributed by atoms with van der Waals surface area (Å²) >= 11 is 0. The second-order valence-electron chi connectivity index (χ2n) is 11.8. The number of phenols is 2. The number of aliphatic hydroxyl groups is 2. The minimum Gasteiger partial charge on any atom is -0.507 e. The third kappa shape index (κ3) is 5.65. The second-order valence-corrected chi connectivity index (χ2v) is 11.8. The zero-order chi connectivity index (χ0) is 32.8. The molecule has 0 bridgehead atoms. The van der Waals surface area contributed by atoms with Gasteiger partial charge in [-0.1, -0.05) is 25.5 Å². The van der Waals surface area contributed by atoms with Crippen LogP contribution in [0.25, 0.3) is 0 Å². The highest BCUT2D eigenvalue weighted by Gasteiger charge is 2.49. The fourth-order valence-corrected chi connectivity index (χ4v) is 6.37. The molecule has 2 amide bonds. The molecule has 242 valence electrons. The smallest absolute Gasteiger partial charge is 0.315 e. The SMILES string of the molecule is CCCCNC(=O)N[C@H]1C[C@H](O[C@@H]2C[C@](O)(C(C)=O)Cc3c(O)c4c(c(O)c32)C(=O)c2c(OC)cccc2C4=O)O[C@H](C)[C@@H]1O. The molecule has 1 fully saturated rings. The lowest BCUT2D eigenvalue weighted by atomic mass is 9.72. The van der Waals surface area contributed by atoms with Crippen molar-refractivity contribution in [2.24, 2.45) is 0 Å². The van der Waals surface area contributed by atoms with Crippen LogP contribution in [0.15, 0.2) is 18.2 Å². The summed E-state index contributed by atoms with van der Waals surface area (Å²) in [6.45, 7) is 5.18. The molecule has 0 unspecified atom stereocenters. The first-order valence-corrected chi connectivity index (χ1v) is 15.0. The number of nitrogens with one attached hydrogen (secondary N) is 2. The molecule has 1 saturated heterocycles. The number of carbonyl (C=O) groups excluding carboxylic acids is 4. The zero-order valence-corrected chi connectivity index (χ0v) is 25.5. The number of ether oxygens (including phenoxy) is 3. The average molecular weight is 627 g/mol. The number of hydrogen-bond acceptors (Lipinski definition) is 11. The fraction of sp³-hybridized carbons (Fsp3) is 0.500. The number of methoxy groups -OCH3 is 1. The molecular formula is C32H38N2O11. The van der Waals surface area contributed by atoms with Gasteiger partial charge in [0.05, 0.1) is 42.0 Å². The molecule has 6 atom stereocenters. The Morgan fingerprint density at radius 3 is 2.49 bits per heavy atom. The number of urea groups is 1. The molecule has 0 aromatic heterocycles. The molecule has 0 radical (unpaired) electrons. The monoisotopic (exact) mass is 626 g/mol. The van der Waals surface area contributed by atoms with Crippen LogP contribution in [0.5, 0.6) is 17.2 Å². The number of phenolic OH excluding ortho intramolecular Hbond substituents is 2. The predicted octanol–water partition coefficient (Wildman–Crippen LogP) is 2.17. The Labute approximate surface area is 259 Å². The Kier molecular flexibility index (Phi) is 8.91. The highest BCUT2D eigenvalue weighted by atomic mass is 16.7. The van der Waals surface area contributed by atoms with Crippen LogP contribution >= 0.6 is 0 Å². The number of unbranched alkanes of at least 4 members (excludes halogenated alkanes) is 1. The van der Waals surface area contributed by atoms with Crippen LogP contribution in [-0.4, -0.2) is 87.6 Å². The maximum absolute atomic E-state index is 13.8. The summed E-state index contributed by atoms with van der Waals surface area (Å²) in [6.07, 6.45) is -3.55. The summed E-state index contributed by atoms with van der Waals surface area (Å²) in [4.78, 5) is 52.6. The standard InChI is InChI=1S/C32H38N2O11/c1-5-6-10-33-31(41)34-18-11-21(44-14(2)26(18)36)45-20-13-32(42,15(3)35)12-17-23(20)30(40)25-24(28(17)38)27(37)16-8-7-9-19(43-4)22(16)29(25)39/h7-9,14,18,20-21,26,36,38,40,42H,5-6,10-13H2,1-4H3,(H2,33,34,41)/t14-,18+,20-,21+,26+,32+/m1/s1. The molecule has 1 aliphatic heterocycles. The van der Waals surface area contributed by atoms with Crippen LogP contribution in [0.2, 0.25) is 0 Å². The van der Waals surface area contributed by atoms with Gasteiger partial charge < -0.3 is 45.3 Å². The van der Waals surface area contributed by atoms with Gasteiger partial charge in [-0.3, -0.25) is 14.4 Å². The van der Waals surface area contributed by atoms with Crippen LogP contribution in [-0.2, 0) is 20.7 Å². The summed E-state index contributed by atoms with van der Waals surface area (Å²) in [6, 6.07) is 3.12. The topological polar surface area (TPSA) is 201 Å². The van der Waals surface area contributed by atoms with E-state index < -0.39 is 88.7 Å². The Morgan fingerprint density at radius 2 is 1.82 bits per heavy atom. The maximum atomic E-state index is 13.8. The molecule has 2 aromatic rings. The van der Waals surface area contributed by atoms with Gasteiger partial charge in [0.1, 0.15) is 29.0 Å². The molecule has 0 saturated carbocycles. The van der Waals surface area contributed by atoms with E-state index in [4.69, 9.17) is 14.2 Å². The molecule has 13 nitrogen and oxygen atoms in total. The van der Waals surface area contributed by atoms with E-state index in [1.54, 1.807) is 6.92 Å². The van der Waals surface area contributed by atoms with Crippen LogP contribution in [0, 0.1) is 0 Å². The van der Waals surface area contributed by atoms with E-state index in [1.807, 2.05) is 6.92 Å². The number of hydrogen-bond donors (Lipinski definition) is 6. The van der Waals surface area contributed by atoms with Crippen molar-refractivity contribution in [3.63, 3.8) is 0 Å². The van der Waals surface area contributed by atoms with Gasteiger partial charge in [-0.25, -0.2) is 4.79 Å². The number of Topliss-reactive ketones (excluding diaryl/α,β-unsaturated/α-hetero) is 1. The van der Waals surface area contributed by atoms with Crippen LogP contribution in [0.3, 0.4) is 0 Å². The predicted molar refractivity (Wildman–Crippen MR) is 158 cm³/mol. The Balaban J connectivity index is 1.54. The molecule has 2 aromatic carbocycles. The number of amides is 2. The van der Waals surface area contributed by atoms with Gasteiger partial charge in [-0.15, -0.1) is 0 Å². The van der Waals surface area contributed by atoms with Crippen molar-refractivity contribution in [3.8, 4) is 17.2 Å². The summed E-state index contributed by atoms with van der Waals surface area (Å²) in [7, 11) is 1.33. The van der Waals surface area contributed by atoms with E-state index in [2.05, 4.69) is 10.6 Å². The van der Waals surface area contributed by atoms with Gasteiger partial charge in [0.2, 0.25) is 5.78 Å². The lowest BCUT2D eigenvalue weighted by Crippen LogP contribution is -2.57. The summed E-state index contributed by atoms with van der Waals surface area (Å²) in [5, 5.41) is 50.7. The fourth-order valence-electron chi connectivity index (χ4n) is 6.37. The van der Waals surface area contributed by atoms with Crippen LogP contribution < -0.4 is 15.4 Å². The number of carbonyl (C=O) groups is 4. The van der Waals surface area contributed by atoms with Crippen molar-refractivity contribution in [2.75, 3.05) is 13.7 Å². The first-order valence-electron chi connectivity index (χ1n) is 15.0. The highest BCUT2D eigenvalue weighted by molar-refractivity contribution is 6.31. The molecule has 45 heavy (non-hydrogen) atoms. The van der Waals surface area contributed by atoms with Crippen molar-refractivity contribution in [2.45, 2.75) is 89.1 Å². The minimum absolute atomic E-state index is 0.0348. The number of aliphatic hydroxyl groups excluding tert-OH is 1. The van der Waals surface area contributed by atoms with Gasteiger partial charge in [-0.05, 0) is 26.3 Å². The molecular weight excluding hydrogens is 588 g/mol. The summed E-state index contributed by atoms with van der Waals surface area (Å²) in [5.41, 5.74) is -3.28. The van der Waals surface area contributed by atoms with E-state index in [0.29, 0.717) is 6.54 Å². The Bertz CT molecular complexity index is 1560. The normalized spacial score (nSPS) is 27.2. The molecule has 3 aliphatic rings. The Hall–Kier alpha value is -4.04. The number of fused-ring (bicyclic) bond motifs is 3. The van der Waals surface area contributed by atoms with E-state index in [1.165, 1.54) is 32.2 Å². The van der Waals surface area contributed by atoms with Gasteiger partial charge in [0, 0.05) is 42.5 Å². The zero-order valence-electron chi connectivity index (χ0n) is 25.5. The van der Waals surface area contributed by atoms with Crippen molar-refractivity contribution in [1.29, 1.82) is 0 Å². The summed E-state index contributed by atoms with van der Waals surface area (Å²) < 4.78 is 17.4. The van der Waals surface area contributed by atoms with Gasteiger partial charge in [0.15, 0.2) is 17.9 Å². The van der Waals surface area contributed by atoms with E-state index in [-0.39, 0.29) is 40.8 Å². The lowest BCUT2D eigenvalue weighted by Gasteiger charge is -2.42. The molecule has 0 spiro atoms. The number of benzene rings is 2. The van der Waals surface area contributed by atoms with Gasteiger partial charge >= 0.3 is 6.03 Å². The molecule has 2 aliphatic carbocycles. The highest BCUT2D eigenvalue weighted by Crippen LogP contribution is 2.52. The lowest BCUT2D eigenvalue weighted by molar-refractivity contribution is -0.248. The van der Waals surface area contributed by atoms with Gasteiger partial charge in [-0.2, -0.15) is 0 Å². The molecule has 5 rings (SSSR count). The maximum Gasteiger partial charge on any atom is 0.315 e. The third-order valence-corrected chi connectivity index (χ3v) is 8.89. The van der Waals surface area contributed by atoms with Gasteiger partial charge in [0.25, 0.3) is 0 Å². The number of ketones is 3. The van der Waals surface area contributed by atoms with Crippen molar-refractivity contribution < 1.29 is 53.8 Å².